The fourth-order valence-corrected chi connectivity index (χ4v) is 15.4. The third kappa shape index (κ3) is 17.3. The fraction of sp³-hybridized carbons (Fsp3) is 0.518. The van der Waals surface area contributed by atoms with E-state index in [4.69, 9.17) is 20.6 Å². The van der Waals surface area contributed by atoms with Gasteiger partial charge in [-0.05, 0) is 150 Å². The molecule has 1 atom stereocenters. The minimum absolute atomic E-state index is 0.0138. The summed E-state index contributed by atoms with van der Waals surface area (Å²) in [4.78, 5) is 21.4. The van der Waals surface area contributed by atoms with Gasteiger partial charge in [-0.2, -0.15) is 13.2 Å². The third-order valence-electron chi connectivity index (χ3n) is 14.2. The summed E-state index contributed by atoms with van der Waals surface area (Å²) < 4.78 is 124. The van der Waals surface area contributed by atoms with Crippen LogP contribution in [0.5, 0.6) is 0 Å². The molecule has 2 N–H and O–H groups in total. The topological polar surface area (TPSA) is 158 Å². The van der Waals surface area contributed by atoms with Crippen LogP contribution in [0.4, 0.5) is 24.5 Å². The van der Waals surface area contributed by atoms with E-state index in [0.717, 1.165) is 87.8 Å². The molecule has 2 aliphatic heterocycles. The molecule has 0 spiro atoms. The molecule has 14 nitrogen and oxygen atoms in total. The van der Waals surface area contributed by atoms with Gasteiger partial charge in [0.25, 0.3) is 25.8 Å². The van der Waals surface area contributed by atoms with E-state index in [-0.39, 0.29) is 23.2 Å². The number of sulfone groups is 1. The van der Waals surface area contributed by atoms with Crippen molar-refractivity contribution in [2.24, 2.45) is 5.41 Å². The quantitative estimate of drug-likeness (QED) is 0.0504. The number of hydrogen-bond acceptors (Lipinski definition) is 14. The van der Waals surface area contributed by atoms with Crippen molar-refractivity contribution in [1.82, 2.24) is 19.4 Å². The van der Waals surface area contributed by atoms with Gasteiger partial charge in [0.15, 0.2) is 0 Å². The van der Waals surface area contributed by atoms with Crippen molar-refractivity contribution in [3.8, 4) is 0 Å². The largest absolute Gasteiger partial charge is 0.501 e. The molecule has 0 unspecified atom stereocenters. The van der Waals surface area contributed by atoms with Crippen molar-refractivity contribution in [2.45, 2.75) is 112 Å². The number of benzene rings is 4. The maximum Gasteiger partial charge on any atom is 0.501 e. The van der Waals surface area contributed by atoms with Gasteiger partial charge in [0.2, 0.25) is 0 Å². The van der Waals surface area contributed by atoms with Crippen LogP contribution in [0.1, 0.15) is 89.6 Å². The van der Waals surface area contributed by atoms with E-state index in [1.54, 1.807) is 12.1 Å². The van der Waals surface area contributed by atoms with Crippen LogP contribution in [0.2, 0.25) is 5.02 Å². The monoisotopic (exact) mass is 1180 g/mol. The molecule has 22 heteroatoms. The Morgan fingerprint density at radius 2 is 1.40 bits per heavy atom. The molecule has 3 aliphatic rings. The van der Waals surface area contributed by atoms with Gasteiger partial charge >= 0.3 is 13.1 Å². The molecule has 2 saturated heterocycles. The molecule has 0 saturated carbocycles. The first-order chi connectivity index (χ1) is 36.8. The van der Waals surface area contributed by atoms with E-state index in [2.05, 4.69) is 50.9 Å². The number of alkyl halides is 3. The summed E-state index contributed by atoms with van der Waals surface area (Å²) in [6.07, 6.45) is 3.97. The highest BCUT2D eigenvalue weighted by Crippen LogP contribution is 2.51. The first-order valence-electron chi connectivity index (χ1n) is 26.7. The Hall–Kier alpha value is -3.95. The van der Waals surface area contributed by atoms with E-state index in [1.807, 2.05) is 74.9 Å². The minimum atomic E-state index is -6.11. The van der Waals surface area contributed by atoms with Crippen LogP contribution < -0.4 is 14.9 Å². The maximum absolute atomic E-state index is 14.4. The molecule has 2 heterocycles. The molecule has 0 bridgehead atoms. The van der Waals surface area contributed by atoms with Crippen LogP contribution in [0.3, 0.4) is 0 Å². The second kappa shape index (κ2) is 26.8. The number of nitrogens with zero attached hydrogens (tertiary/aromatic N) is 4. The normalized spacial score (nSPS) is 17.9. The molecule has 78 heavy (non-hydrogen) atoms. The Bertz CT molecular complexity index is 2940. The average Bonchev–Trinajstić information content (AvgIpc) is 3.42. The van der Waals surface area contributed by atoms with Crippen molar-refractivity contribution >= 4 is 73.7 Å². The predicted molar refractivity (Wildman–Crippen MR) is 307 cm³/mol. The lowest BCUT2D eigenvalue weighted by Crippen LogP contribution is -2.47. The van der Waals surface area contributed by atoms with Crippen LogP contribution >= 0.6 is 31.0 Å². The standard InChI is InChI=1S/C56H75ClF3N6O8PS3/c1-41(2)73-75(68,74-42(3)4)36-10-26-63-28-30-64(31-29-63)27-24-47(40-76-49-11-8-7-9-12-49)61-52-22-21-50(37-53(52)77(69,70)56(58,59)60)78(71,72)62-54(67)44-15-19-48(20-16-44)66-34-32-65(33-35-66)39-45-38-55(5,6)25-23-51(45)43-13-17-46(57)18-14-43/h7-9,11-22,37,41-42,47,61H,10,23-36,38-40H2,1-6H3,(H,62,67)/t47-/m1/s1. The number of rotatable bonds is 24. The van der Waals surface area contributed by atoms with Gasteiger partial charge < -0.3 is 29.1 Å². The molecule has 7 rings (SSSR count). The number of thioether (sulfide) groups is 1. The number of nitrogens with one attached hydrogen (secondary N) is 2. The van der Waals surface area contributed by atoms with Crippen molar-refractivity contribution in [1.29, 1.82) is 0 Å². The molecule has 428 valence electrons. The molecule has 0 aromatic heterocycles. The Labute approximate surface area is 469 Å². The summed E-state index contributed by atoms with van der Waals surface area (Å²) in [7, 11) is -14.3. The number of hydrogen-bond donors (Lipinski definition) is 2. The number of anilines is 2. The maximum atomic E-state index is 14.4. The van der Waals surface area contributed by atoms with E-state index in [1.165, 1.54) is 40.6 Å². The first-order valence-corrected chi connectivity index (χ1v) is 32.8. The fourth-order valence-electron chi connectivity index (χ4n) is 10.2. The second-order valence-electron chi connectivity index (χ2n) is 21.7. The summed E-state index contributed by atoms with van der Waals surface area (Å²) >= 11 is 7.65. The number of sulfonamides is 1. The molecule has 0 radical (unpaired) electrons. The van der Waals surface area contributed by atoms with E-state index >= 15 is 0 Å². The lowest BCUT2D eigenvalue weighted by atomic mass is 9.73. The van der Waals surface area contributed by atoms with Crippen LogP contribution in [0, 0.1) is 5.41 Å². The minimum Gasteiger partial charge on any atom is -0.380 e. The van der Waals surface area contributed by atoms with Crippen LogP contribution in [0.15, 0.2) is 117 Å². The van der Waals surface area contributed by atoms with Crippen LogP contribution in [-0.2, 0) is 33.5 Å². The predicted octanol–water partition coefficient (Wildman–Crippen LogP) is 11.6. The van der Waals surface area contributed by atoms with E-state index < -0.39 is 60.4 Å². The van der Waals surface area contributed by atoms with Gasteiger partial charge in [-0.15, -0.1) is 11.8 Å². The zero-order valence-corrected chi connectivity index (χ0v) is 49.5. The van der Waals surface area contributed by atoms with Gasteiger partial charge in [-0.25, -0.2) is 21.6 Å². The number of amides is 1. The van der Waals surface area contributed by atoms with Crippen molar-refractivity contribution < 1.29 is 48.4 Å². The zero-order valence-electron chi connectivity index (χ0n) is 45.4. The average molecular weight is 1180 g/mol. The van der Waals surface area contributed by atoms with Gasteiger partial charge in [-0.1, -0.05) is 61.4 Å². The summed E-state index contributed by atoms with van der Waals surface area (Å²) in [5.74, 6) is -0.702. The molecular formula is C56H75ClF3N6O8PS3. The Morgan fingerprint density at radius 1 is 0.795 bits per heavy atom. The van der Waals surface area contributed by atoms with Gasteiger partial charge in [0, 0.05) is 98.4 Å². The van der Waals surface area contributed by atoms with Crippen molar-refractivity contribution in [3.63, 3.8) is 0 Å². The zero-order chi connectivity index (χ0) is 56.5. The number of carbonyl (C=O) groups excluding carboxylic acids is 1. The number of halogens is 4. The Balaban J connectivity index is 0.985. The third-order valence-corrected chi connectivity index (χ3v) is 20.8. The van der Waals surface area contributed by atoms with Crippen molar-refractivity contribution in [2.75, 3.05) is 94.1 Å². The highest BCUT2D eigenvalue weighted by atomic mass is 35.5. The highest BCUT2D eigenvalue weighted by molar-refractivity contribution is 7.99. The number of allylic oxidation sites excluding steroid dienone is 1. The molecule has 4 aromatic rings. The summed E-state index contributed by atoms with van der Waals surface area (Å²) in [6.45, 7) is 19.9. The molecular weight excluding hydrogens is 1100 g/mol. The second-order valence-corrected chi connectivity index (χ2v) is 28.9. The highest BCUT2D eigenvalue weighted by Gasteiger charge is 2.48. The van der Waals surface area contributed by atoms with Gasteiger partial charge in [-0.3, -0.25) is 14.3 Å². The van der Waals surface area contributed by atoms with Gasteiger partial charge in [0.1, 0.15) is 4.90 Å². The molecule has 4 aromatic carbocycles. The summed E-state index contributed by atoms with van der Waals surface area (Å²) in [5.41, 5.74) is -1.12. The Kier molecular flexibility index (Phi) is 21.2. The van der Waals surface area contributed by atoms with E-state index in [9.17, 15) is 39.4 Å². The summed E-state index contributed by atoms with van der Waals surface area (Å²) in [6, 6.07) is 25.7. The Morgan fingerprint density at radius 3 is 2.00 bits per heavy atom. The molecule has 2 fully saturated rings. The number of carbonyl (C=O) groups is 1. The lowest BCUT2D eigenvalue weighted by molar-refractivity contribution is -0.0436. The molecule has 1 aliphatic carbocycles. The number of piperazine rings is 2. The van der Waals surface area contributed by atoms with Gasteiger partial charge in [0.05, 0.1) is 29.0 Å². The van der Waals surface area contributed by atoms with Crippen LogP contribution in [-0.4, -0.2) is 145 Å². The van der Waals surface area contributed by atoms with Crippen LogP contribution in [0.25, 0.3) is 5.57 Å². The molecule has 1 amide bonds. The smallest absolute Gasteiger partial charge is 0.380 e. The van der Waals surface area contributed by atoms with E-state index in [0.29, 0.717) is 62.0 Å². The lowest BCUT2D eigenvalue weighted by Gasteiger charge is -2.39. The summed E-state index contributed by atoms with van der Waals surface area (Å²) in [5, 5.41) is 3.75. The SMILES string of the molecule is CC(C)OP(=O)(CCCN1CCN(CC[C@H](CSc2ccccc2)Nc2ccc(S(=O)(=O)NC(=O)c3ccc(N4CCN(CC5=C(c6ccc(Cl)cc6)CCC(C)(C)C5)CC4)cc3)cc2S(=O)(=O)C(F)(F)F)CC1)OC(C)C. The van der Waals surface area contributed by atoms with Crippen molar-refractivity contribution in [3.05, 3.63) is 119 Å². The first kappa shape index (κ1) is 61.7.